The number of benzene rings is 1. The van der Waals surface area contributed by atoms with Gasteiger partial charge in [-0.1, -0.05) is 26.0 Å². The standard InChI is InChI=1S/C21H27N3O3/c1-15(2)19(27-17-7-4-6-16(3)14-17)21(26)24-12-10-23(11-13-24)20(25)18-8-5-9-22-18/h4-9,14-15,19,22H,10-13H2,1-3H3/t19-/m0/s1. The van der Waals surface area contributed by atoms with Crippen LogP contribution in [0.3, 0.4) is 0 Å². The first kappa shape index (κ1) is 19.0. The number of H-pyrrole nitrogens is 1. The number of aromatic nitrogens is 1. The second-order valence-electron chi connectivity index (χ2n) is 7.30. The van der Waals surface area contributed by atoms with Crippen molar-refractivity contribution in [3.05, 3.63) is 53.9 Å². The van der Waals surface area contributed by atoms with E-state index in [1.807, 2.05) is 51.1 Å². The molecule has 1 fully saturated rings. The van der Waals surface area contributed by atoms with Crippen LogP contribution in [0.2, 0.25) is 0 Å². The van der Waals surface area contributed by atoms with Crippen molar-refractivity contribution < 1.29 is 14.3 Å². The van der Waals surface area contributed by atoms with Crippen molar-refractivity contribution in [3.63, 3.8) is 0 Å². The highest BCUT2D eigenvalue weighted by Gasteiger charge is 2.32. The van der Waals surface area contributed by atoms with Crippen LogP contribution >= 0.6 is 0 Å². The molecule has 2 amide bonds. The van der Waals surface area contributed by atoms with E-state index in [1.165, 1.54) is 0 Å². The molecular formula is C21H27N3O3. The lowest BCUT2D eigenvalue weighted by atomic mass is 10.1. The van der Waals surface area contributed by atoms with Crippen LogP contribution in [0, 0.1) is 12.8 Å². The molecule has 144 valence electrons. The molecule has 0 unspecified atom stereocenters. The molecule has 2 heterocycles. The lowest BCUT2D eigenvalue weighted by Gasteiger charge is -2.37. The van der Waals surface area contributed by atoms with Gasteiger partial charge in [0.1, 0.15) is 11.4 Å². The summed E-state index contributed by atoms with van der Waals surface area (Å²) in [4.78, 5) is 32.0. The minimum Gasteiger partial charge on any atom is -0.480 e. The zero-order chi connectivity index (χ0) is 19.4. The third kappa shape index (κ3) is 4.51. The second kappa shape index (κ2) is 8.29. The third-order valence-corrected chi connectivity index (χ3v) is 4.81. The Morgan fingerprint density at radius 3 is 2.33 bits per heavy atom. The number of rotatable bonds is 5. The monoisotopic (exact) mass is 369 g/mol. The van der Waals surface area contributed by atoms with Crippen LogP contribution in [0.1, 0.15) is 29.9 Å². The molecule has 1 aliphatic heterocycles. The maximum Gasteiger partial charge on any atom is 0.270 e. The van der Waals surface area contributed by atoms with Crippen molar-refractivity contribution in [2.45, 2.75) is 26.9 Å². The summed E-state index contributed by atoms with van der Waals surface area (Å²) in [6, 6.07) is 11.3. The zero-order valence-corrected chi connectivity index (χ0v) is 16.1. The molecule has 3 rings (SSSR count). The molecule has 1 aliphatic rings. The van der Waals surface area contributed by atoms with Gasteiger partial charge in [-0.05, 0) is 42.7 Å². The maximum atomic E-state index is 13.0. The zero-order valence-electron chi connectivity index (χ0n) is 16.1. The van der Waals surface area contributed by atoms with Crippen LogP contribution in [-0.4, -0.2) is 58.9 Å². The Morgan fingerprint density at radius 2 is 1.74 bits per heavy atom. The molecule has 1 aromatic carbocycles. The topological polar surface area (TPSA) is 65.6 Å². The van der Waals surface area contributed by atoms with Crippen LogP contribution in [0.25, 0.3) is 0 Å². The molecule has 6 heteroatoms. The van der Waals surface area contributed by atoms with E-state index in [0.717, 1.165) is 5.56 Å². The average Bonchev–Trinajstić information content (AvgIpc) is 3.20. The smallest absolute Gasteiger partial charge is 0.270 e. The van der Waals surface area contributed by atoms with Gasteiger partial charge in [-0.25, -0.2) is 0 Å². The molecule has 0 spiro atoms. The van der Waals surface area contributed by atoms with Crippen molar-refractivity contribution in [3.8, 4) is 5.75 Å². The van der Waals surface area contributed by atoms with Crippen LogP contribution in [-0.2, 0) is 4.79 Å². The largest absolute Gasteiger partial charge is 0.480 e. The summed E-state index contributed by atoms with van der Waals surface area (Å²) in [6.07, 6.45) is 1.21. The molecule has 1 aromatic heterocycles. The normalized spacial score (nSPS) is 15.7. The number of hydrogen-bond acceptors (Lipinski definition) is 3. The first-order valence-electron chi connectivity index (χ1n) is 9.40. The quantitative estimate of drug-likeness (QED) is 0.881. The van der Waals surface area contributed by atoms with E-state index in [4.69, 9.17) is 4.74 Å². The second-order valence-corrected chi connectivity index (χ2v) is 7.30. The number of aryl methyl sites for hydroxylation is 1. The number of piperazine rings is 1. The highest BCUT2D eigenvalue weighted by molar-refractivity contribution is 5.92. The number of hydrogen-bond donors (Lipinski definition) is 1. The van der Waals surface area contributed by atoms with Gasteiger partial charge < -0.3 is 19.5 Å². The van der Waals surface area contributed by atoms with E-state index in [9.17, 15) is 9.59 Å². The van der Waals surface area contributed by atoms with E-state index in [0.29, 0.717) is 37.6 Å². The third-order valence-electron chi connectivity index (χ3n) is 4.81. The lowest BCUT2D eigenvalue weighted by molar-refractivity contribution is -0.142. The number of carbonyl (C=O) groups is 2. The summed E-state index contributed by atoms with van der Waals surface area (Å²) in [5.41, 5.74) is 1.68. The number of carbonyl (C=O) groups excluding carboxylic acids is 2. The van der Waals surface area contributed by atoms with E-state index in [-0.39, 0.29) is 17.7 Å². The Labute approximate surface area is 160 Å². The minimum absolute atomic E-state index is 0.0153. The molecule has 0 saturated carbocycles. The van der Waals surface area contributed by atoms with Gasteiger partial charge in [-0.3, -0.25) is 9.59 Å². The fraction of sp³-hybridized carbons (Fsp3) is 0.429. The summed E-state index contributed by atoms with van der Waals surface area (Å²) in [7, 11) is 0. The molecule has 27 heavy (non-hydrogen) atoms. The Morgan fingerprint density at radius 1 is 1.04 bits per heavy atom. The summed E-state index contributed by atoms with van der Waals surface area (Å²) in [5, 5.41) is 0. The van der Waals surface area contributed by atoms with Crippen LogP contribution < -0.4 is 4.74 Å². The van der Waals surface area contributed by atoms with Gasteiger partial charge in [-0.2, -0.15) is 0 Å². The molecule has 0 radical (unpaired) electrons. The van der Waals surface area contributed by atoms with Gasteiger partial charge in [0.2, 0.25) is 0 Å². The predicted octanol–water partition coefficient (Wildman–Crippen LogP) is 2.71. The van der Waals surface area contributed by atoms with Crippen molar-refractivity contribution in [1.82, 2.24) is 14.8 Å². The van der Waals surface area contributed by atoms with Gasteiger partial charge in [0.25, 0.3) is 11.8 Å². The highest BCUT2D eigenvalue weighted by Crippen LogP contribution is 2.20. The van der Waals surface area contributed by atoms with Gasteiger partial charge in [0, 0.05) is 32.4 Å². The van der Waals surface area contributed by atoms with Gasteiger partial charge in [0.05, 0.1) is 0 Å². The lowest BCUT2D eigenvalue weighted by Crippen LogP contribution is -2.54. The average molecular weight is 369 g/mol. The first-order chi connectivity index (χ1) is 13.0. The molecule has 1 saturated heterocycles. The Bertz CT molecular complexity index is 778. The summed E-state index contributed by atoms with van der Waals surface area (Å²) in [5.74, 6) is 0.723. The summed E-state index contributed by atoms with van der Waals surface area (Å²) < 4.78 is 6.03. The van der Waals surface area contributed by atoms with Gasteiger partial charge in [-0.15, -0.1) is 0 Å². The van der Waals surface area contributed by atoms with Crippen LogP contribution in [0.15, 0.2) is 42.6 Å². The molecule has 0 bridgehead atoms. The van der Waals surface area contributed by atoms with E-state index < -0.39 is 6.10 Å². The van der Waals surface area contributed by atoms with Gasteiger partial charge >= 0.3 is 0 Å². The molecule has 2 aromatic rings. The number of amides is 2. The van der Waals surface area contributed by atoms with Crippen LogP contribution in [0.5, 0.6) is 5.75 Å². The van der Waals surface area contributed by atoms with Gasteiger partial charge in [0.15, 0.2) is 6.10 Å². The maximum absolute atomic E-state index is 13.0. The molecular weight excluding hydrogens is 342 g/mol. The molecule has 1 atom stereocenters. The van der Waals surface area contributed by atoms with Crippen molar-refractivity contribution in [1.29, 1.82) is 0 Å². The number of ether oxygens (including phenoxy) is 1. The summed E-state index contributed by atoms with van der Waals surface area (Å²) >= 11 is 0. The fourth-order valence-electron chi connectivity index (χ4n) is 3.25. The number of nitrogens with zero attached hydrogens (tertiary/aromatic N) is 2. The van der Waals surface area contributed by atoms with Crippen molar-refractivity contribution >= 4 is 11.8 Å². The number of aromatic amines is 1. The van der Waals surface area contributed by atoms with E-state index >= 15 is 0 Å². The van der Waals surface area contributed by atoms with E-state index in [1.54, 1.807) is 22.1 Å². The first-order valence-corrected chi connectivity index (χ1v) is 9.40. The molecule has 6 nitrogen and oxygen atoms in total. The Hall–Kier alpha value is -2.76. The van der Waals surface area contributed by atoms with Crippen molar-refractivity contribution in [2.24, 2.45) is 5.92 Å². The molecule has 1 N–H and O–H groups in total. The summed E-state index contributed by atoms with van der Waals surface area (Å²) in [6.45, 7) is 8.07. The predicted molar refractivity (Wildman–Crippen MR) is 104 cm³/mol. The van der Waals surface area contributed by atoms with E-state index in [2.05, 4.69) is 4.98 Å². The Kier molecular flexibility index (Phi) is 5.84. The highest BCUT2D eigenvalue weighted by atomic mass is 16.5. The fourth-order valence-corrected chi connectivity index (χ4v) is 3.25. The molecule has 0 aliphatic carbocycles. The van der Waals surface area contributed by atoms with Crippen LogP contribution in [0.4, 0.5) is 0 Å². The number of nitrogens with one attached hydrogen (secondary N) is 1. The Balaban J connectivity index is 1.61. The minimum atomic E-state index is -0.530. The SMILES string of the molecule is Cc1cccc(O[C@H](C(=O)N2CCN(C(=O)c3ccc[nH]3)CC2)C(C)C)c1. The van der Waals surface area contributed by atoms with Crippen molar-refractivity contribution in [2.75, 3.05) is 26.2 Å².